The van der Waals surface area contributed by atoms with E-state index in [-0.39, 0.29) is 49.4 Å². The van der Waals surface area contributed by atoms with Crippen molar-refractivity contribution in [1.29, 1.82) is 0 Å². The number of hydrogen-bond acceptors (Lipinski definition) is 7. The molecule has 2 N–H and O–H groups in total. The maximum atomic E-state index is 12.8. The molecule has 3 rings (SSSR count). The number of esters is 1. The second-order valence-corrected chi connectivity index (χ2v) is 8.25. The number of benzene rings is 1. The predicted octanol–water partition coefficient (Wildman–Crippen LogP) is 1.61. The minimum Gasteiger partial charge on any atom is -0.872 e. The van der Waals surface area contributed by atoms with Crippen LogP contribution in [0.5, 0.6) is 5.75 Å². The zero-order valence-electron chi connectivity index (χ0n) is 20.1. The lowest BCUT2D eigenvalue weighted by molar-refractivity contribution is -0.671. The SMILES string of the molecule is CCOC(=O)CCc1c(C)c2cc(C[NH2+]CCCN3CCOCC3)c([O-])c(C)c2oc1=O.Cl.Cl. The summed E-state index contributed by atoms with van der Waals surface area (Å²) >= 11 is 0. The molecule has 34 heavy (non-hydrogen) atoms. The molecule has 0 spiro atoms. The summed E-state index contributed by atoms with van der Waals surface area (Å²) in [7, 11) is 0. The third-order valence-electron chi connectivity index (χ3n) is 6.07. The number of aryl methyl sites for hydroxylation is 2. The Kier molecular flexibility index (Phi) is 12.9. The van der Waals surface area contributed by atoms with E-state index in [1.54, 1.807) is 13.8 Å². The van der Waals surface area contributed by atoms with Gasteiger partial charge in [0.2, 0.25) is 0 Å². The average molecular weight is 519 g/mol. The summed E-state index contributed by atoms with van der Waals surface area (Å²) in [6.07, 6.45) is 1.42. The molecule has 1 fully saturated rings. The van der Waals surface area contributed by atoms with Crippen molar-refractivity contribution in [1.82, 2.24) is 4.90 Å². The Morgan fingerprint density at radius 2 is 1.91 bits per heavy atom. The lowest BCUT2D eigenvalue weighted by Gasteiger charge is -2.26. The van der Waals surface area contributed by atoms with E-state index < -0.39 is 5.63 Å². The first-order chi connectivity index (χ1) is 15.4. The van der Waals surface area contributed by atoms with E-state index in [9.17, 15) is 14.7 Å². The summed E-state index contributed by atoms with van der Waals surface area (Å²) in [5, 5.41) is 15.7. The Morgan fingerprint density at radius 3 is 2.59 bits per heavy atom. The van der Waals surface area contributed by atoms with Gasteiger partial charge in [-0.1, -0.05) is 5.75 Å². The highest BCUT2D eigenvalue weighted by atomic mass is 35.5. The van der Waals surface area contributed by atoms with E-state index in [0.29, 0.717) is 35.4 Å². The maximum Gasteiger partial charge on any atom is 0.339 e. The maximum absolute atomic E-state index is 12.8. The Hall–Kier alpha value is -1.84. The number of nitrogens with two attached hydrogens (primary N) is 1. The predicted molar refractivity (Wildman–Crippen MR) is 133 cm³/mol. The summed E-state index contributed by atoms with van der Waals surface area (Å²) in [4.78, 5) is 26.6. The van der Waals surface area contributed by atoms with Crippen molar-refractivity contribution in [2.45, 2.75) is 46.6 Å². The minimum atomic E-state index is -0.496. The number of fused-ring (bicyclic) bond motifs is 1. The summed E-state index contributed by atoms with van der Waals surface area (Å²) < 4.78 is 15.8. The van der Waals surface area contributed by atoms with E-state index in [1.807, 2.05) is 13.0 Å². The number of morpholine rings is 1. The highest BCUT2D eigenvalue weighted by Crippen LogP contribution is 2.30. The normalized spacial score (nSPS) is 13.9. The van der Waals surface area contributed by atoms with Gasteiger partial charge in [-0.3, -0.25) is 9.69 Å². The molecule has 0 bridgehead atoms. The molecule has 1 aliphatic rings. The number of carbonyl (C=O) groups is 1. The fourth-order valence-electron chi connectivity index (χ4n) is 4.17. The summed E-state index contributed by atoms with van der Waals surface area (Å²) in [5.74, 6) is -0.423. The molecule has 0 atom stereocenters. The fraction of sp³-hybridized carbons (Fsp3) is 0.583. The molecule has 1 aromatic heterocycles. The van der Waals surface area contributed by atoms with E-state index in [2.05, 4.69) is 10.2 Å². The van der Waals surface area contributed by atoms with E-state index in [1.165, 1.54) is 0 Å². The molecule has 1 aliphatic heterocycles. The van der Waals surface area contributed by atoms with Gasteiger partial charge >= 0.3 is 11.6 Å². The molecule has 1 aromatic carbocycles. The largest absolute Gasteiger partial charge is 0.872 e. The first-order valence-corrected chi connectivity index (χ1v) is 11.5. The molecule has 0 unspecified atom stereocenters. The monoisotopic (exact) mass is 518 g/mol. The van der Waals surface area contributed by atoms with Crippen molar-refractivity contribution in [2.24, 2.45) is 0 Å². The Labute approximate surface area is 212 Å². The Morgan fingerprint density at radius 1 is 1.21 bits per heavy atom. The standard InChI is InChI=1S/C24H34N2O6.2ClH/c1-4-31-21(27)7-6-19-16(2)20-14-18(22(28)17(3)23(20)32-24(19)29)15-25-8-5-9-26-10-12-30-13-11-26;;/h14,25,28H,4-13,15H2,1-3H3;2*1H. The van der Waals surface area contributed by atoms with Gasteiger partial charge in [-0.05, 0) is 49.9 Å². The van der Waals surface area contributed by atoms with Gasteiger partial charge in [-0.2, -0.15) is 0 Å². The van der Waals surface area contributed by atoms with Crippen LogP contribution >= 0.6 is 24.8 Å². The average Bonchev–Trinajstić information content (AvgIpc) is 2.78. The quantitative estimate of drug-likeness (QED) is 0.289. The van der Waals surface area contributed by atoms with Gasteiger partial charge in [0.1, 0.15) is 12.1 Å². The van der Waals surface area contributed by atoms with Crippen molar-refractivity contribution in [2.75, 3.05) is 46.0 Å². The van der Waals surface area contributed by atoms with Crippen molar-refractivity contribution in [3.05, 3.63) is 38.7 Å². The number of halogens is 2. The third-order valence-corrected chi connectivity index (χ3v) is 6.07. The fourth-order valence-corrected chi connectivity index (χ4v) is 4.17. The van der Waals surface area contributed by atoms with Gasteiger partial charge in [0.15, 0.2) is 0 Å². The first kappa shape index (κ1) is 30.2. The van der Waals surface area contributed by atoms with E-state index in [0.717, 1.165) is 56.8 Å². The smallest absolute Gasteiger partial charge is 0.339 e. The van der Waals surface area contributed by atoms with Gasteiger partial charge in [-0.15, -0.1) is 24.8 Å². The zero-order chi connectivity index (χ0) is 23.1. The van der Waals surface area contributed by atoms with Crippen molar-refractivity contribution in [3.63, 3.8) is 0 Å². The van der Waals surface area contributed by atoms with Crippen LogP contribution in [-0.4, -0.2) is 56.9 Å². The third kappa shape index (κ3) is 7.58. The number of ether oxygens (including phenoxy) is 2. The minimum absolute atomic E-state index is 0. The van der Waals surface area contributed by atoms with Crippen LogP contribution in [0.1, 0.15) is 42.0 Å². The molecular formula is C24H36Cl2N2O6. The van der Waals surface area contributed by atoms with E-state index >= 15 is 0 Å². The molecule has 10 heteroatoms. The summed E-state index contributed by atoms with van der Waals surface area (Å²) in [6.45, 7) is 11.7. The van der Waals surface area contributed by atoms with E-state index in [4.69, 9.17) is 13.9 Å². The number of rotatable bonds is 10. The van der Waals surface area contributed by atoms with Crippen molar-refractivity contribution < 1.29 is 29.1 Å². The summed E-state index contributed by atoms with van der Waals surface area (Å²) in [6, 6.07) is 1.84. The molecule has 0 amide bonds. The van der Waals surface area contributed by atoms with Gasteiger partial charge < -0.3 is 24.3 Å². The Bertz CT molecular complexity index is 1010. The molecule has 2 heterocycles. The number of quaternary nitrogens is 1. The molecule has 0 radical (unpaired) electrons. The molecule has 8 nitrogen and oxygen atoms in total. The molecule has 0 saturated carbocycles. The first-order valence-electron chi connectivity index (χ1n) is 11.5. The van der Waals surface area contributed by atoms with Crippen molar-refractivity contribution in [3.8, 4) is 5.75 Å². The highest BCUT2D eigenvalue weighted by Gasteiger charge is 2.17. The van der Waals surface area contributed by atoms with Crippen LogP contribution in [0.15, 0.2) is 15.3 Å². The number of nitrogens with zero attached hydrogens (tertiary/aromatic N) is 1. The lowest BCUT2D eigenvalue weighted by Crippen LogP contribution is -2.82. The van der Waals surface area contributed by atoms with Gasteiger partial charge in [-0.25, -0.2) is 4.79 Å². The molecular weight excluding hydrogens is 483 g/mol. The van der Waals surface area contributed by atoms with Gasteiger partial charge in [0.05, 0.1) is 26.4 Å². The van der Waals surface area contributed by atoms with Gasteiger partial charge in [0.25, 0.3) is 0 Å². The van der Waals surface area contributed by atoms with Crippen LogP contribution in [0.25, 0.3) is 11.0 Å². The van der Waals surface area contributed by atoms with Crippen LogP contribution in [0, 0.1) is 13.8 Å². The number of carbonyl (C=O) groups excluding carboxylic acids is 1. The lowest BCUT2D eigenvalue weighted by atomic mass is 9.97. The molecule has 2 aromatic rings. The van der Waals surface area contributed by atoms with Crippen LogP contribution in [0.4, 0.5) is 0 Å². The second kappa shape index (κ2) is 14.5. The molecule has 192 valence electrons. The molecule has 1 saturated heterocycles. The topological polar surface area (TPSA) is 109 Å². The zero-order valence-corrected chi connectivity index (χ0v) is 21.8. The van der Waals surface area contributed by atoms with Crippen LogP contribution in [0.2, 0.25) is 0 Å². The van der Waals surface area contributed by atoms with Crippen LogP contribution in [0.3, 0.4) is 0 Å². The Balaban J connectivity index is 0.00000289. The van der Waals surface area contributed by atoms with Crippen LogP contribution in [-0.2, 0) is 27.2 Å². The van der Waals surface area contributed by atoms with Crippen molar-refractivity contribution >= 4 is 41.8 Å². The van der Waals surface area contributed by atoms with Gasteiger partial charge in [0, 0.05) is 43.4 Å². The molecule has 0 aliphatic carbocycles. The highest BCUT2D eigenvalue weighted by molar-refractivity contribution is 5.87. The second-order valence-electron chi connectivity index (χ2n) is 8.25. The number of hydrogen-bond donors (Lipinski definition) is 1. The summed E-state index contributed by atoms with van der Waals surface area (Å²) in [5.41, 5.74) is 2.23. The van der Waals surface area contributed by atoms with Crippen LogP contribution < -0.4 is 16.0 Å².